The Bertz CT molecular complexity index is 978. The van der Waals surface area contributed by atoms with Crippen LogP contribution in [0, 0.1) is 0 Å². The SMILES string of the molecule is CCN(CC)C(=[SH+])[N-]N=C(C)c1ccccc1[O-].CCN(CC)C(=[SH+])[N-]N=C(C)c1ccccc1[O-].[Ni+2].[Ni+2]. The van der Waals surface area contributed by atoms with Crippen LogP contribution in [-0.2, 0) is 57.4 Å². The zero-order chi connectivity index (χ0) is 27.1. The molecule has 2 aromatic rings. The Morgan fingerprint density at radius 1 is 0.658 bits per heavy atom. The summed E-state index contributed by atoms with van der Waals surface area (Å²) in [5.41, 5.74) is 10.4. The Hall–Kier alpha value is -1.93. The first-order valence-corrected chi connectivity index (χ1v) is 12.7. The van der Waals surface area contributed by atoms with Gasteiger partial charge >= 0.3 is 33.0 Å². The van der Waals surface area contributed by atoms with Crippen LogP contribution in [0.4, 0.5) is 0 Å². The Morgan fingerprint density at radius 2 is 0.947 bits per heavy atom. The van der Waals surface area contributed by atoms with Crippen molar-refractivity contribution in [3.05, 3.63) is 70.5 Å². The third-order valence-electron chi connectivity index (χ3n) is 5.23. The second-order valence-corrected chi connectivity index (χ2v) is 8.31. The van der Waals surface area contributed by atoms with Gasteiger partial charge in [0.1, 0.15) is 0 Å². The van der Waals surface area contributed by atoms with Gasteiger partial charge in [0.15, 0.2) is 34.7 Å². The van der Waals surface area contributed by atoms with E-state index < -0.39 is 0 Å². The summed E-state index contributed by atoms with van der Waals surface area (Å²) in [6.07, 6.45) is 0. The maximum Gasteiger partial charge on any atom is 2.00 e. The van der Waals surface area contributed by atoms with Crippen molar-refractivity contribution in [1.82, 2.24) is 9.80 Å². The van der Waals surface area contributed by atoms with Gasteiger partial charge in [-0.3, -0.25) is 0 Å². The van der Waals surface area contributed by atoms with Crippen molar-refractivity contribution >= 4 is 46.1 Å². The summed E-state index contributed by atoms with van der Waals surface area (Å²) in [5.74, 6) is -0.0880. The van der Waals surface area contributed by atoms with Crippen molar-refractivity contribution in [2.24, 2.45) is 10.2 Å². The molecule has 2 aromatic carbocycles. The van der Waals surface area contributed by atoms with E-state index in [1.807, 2.05) is 49.6 Å². The zero-order valence-electron chi connectivity index (χ0n) is 22.5. The number of nitrogens with zero attached hydrogens (tertiary/aromatic N) is 6. The quantitative estimate of drug-likeness (QED) is 0.110. The average Bonchev–Trinajstić information content (AvgIpc) is 2.88. The van der Waals surface area contributed by atoms with Crippen LogP contribution in [-0.4, -0.2) is 57.6 Å². The number of hydrogen-bond acceptors (Lipinski definition) is 4. The van der Waals surface area contributed by atoms with Crippen molar-refractivity contribution < 1.29 is 43.2 Å². The molecule has 0 N–H and O–H groups in total. The van der Waals surface area contributed by atoms with Crippen LogP contribution >= 0.6 is 0 Å². The molecule has 0 aliphatic heterocycles. The minimum atomic E-state index is -0.0440. The number of benzene rings is 2. The Kier molecular flexibility index (Phi) is 21.1. The summed E-state index contributed by atoms with van der Waals surface area (Å²) in [4.78, 5) is 3.95. The molecule has 0 unspecified atom stereocenters. The van der Waals surface area contributed by atoms with Crippen LogP contribution in [0.5, 0.6) is 11.5 Å². The van der Waals surface area contributed by atoms with Crippen LogP contribution in [0.2, 0.25) is 0 Å². The van der Waals surface area contributed by atoms with Crippen molar-refractivity contribution in [3.63, 3.8) is 0 Å². The third-order valence-corrected chi connectivity index (χ3v) is 5.97. The molecule has 0 saturated heterocycles. The molecule has 12 heteroatoms. The van der Waals surface area contributed by atoms with Crippen LogP contribution < -0.4 is 10.2 Å². The predicted octanol–water partition coefficient (Wildman–Crippen LogP) is 3.13. The Morgan fingerprint density at radius 3 is 1.21 bits per heavy atom. The molecule has 38 heavy (non-hydrogen) atoms. The summed E-state index contributed by atoms with van der Waals surface area (Å²) in [6, 6.07) is 13.6. The molecule has 0 radical (unpaired) electrons. The molecule has 8 nitrogen and oxygen atoms in total. The largest absolute Gasteiger partial charge is 2.00 e. The molecule has 0 atom stereocenters. The number of hydrogen-bond donors (Lipinski definition) is 0. The van der Waals surface area contributed by atoms with Crippen LogP contribution in [0.15, 0.2) is 58.7 Å². The summed E-state index contributed by atoms with van der Waals surface area (Å²) >= 11 is 8.58. The second kappa shape index (κ2) is 21.0. The van der Waals surface area contributed by atoms with Gasteiger partial charge < -0.3 is 31.3 Å². The first-order chi connectivity index (χ1) is 17.2. The molecule has 2 rings (SSSR count). The van der Waals surface area contributed by atoms with Gasteiger partial charge in [-0.15, -0.1) is 0 Å². The molecule has 0 amide bonds. The molecule has 0 fully saturated rings. The molecule has 0 bridgehead atoms. The van der Waals surface area contributed by atoms with Gasteiger partial charge in [0.05, 0.1) is 0 Å². The molecule has 0 heterocycles. The predicted molar refractivity (Wildman–Crippen MR) is 156 cm³/mol. The number of para-hydroxylation sites is 2. The molecular weight excluding hydrogens is 610 g/mol. The summed E-state index contributed by atoms with van der Waals surface area (Å²) in [5, 5.41) is 32.4. The number of rotatable bonds is 8. The Balaban J connectivity index is 0. The molecule has 0 saturated carbocycles. The van der Waals surface area contributed by atoms with Crippen LogP contribution in [0.25, 0.3) is 10.9 Å². The van der Waals surface area contributed by atoms with Crippen LogP contribution in [0.3, 0.4) is 0 Å². The molecule has 0 aliphatic carbocycles. The molecular formula is C26H36N6Ni2O2S2+2. The van der Waals surface area contributed by atoms with Gasteiger partial charge in [0.25, 0.3) is 0 Å². The second-order valence-electron chi connectivity index (χ2n) is 7.51. The average molecular weight is 646 g/mol. The minimum Gasteiger partial charge on any atom is -0.872 e. The first kappa shape index (κ1) is 38.2. The van der Waals surface area contributed by atoms with Crippen LogP contribution in [0.1, 0.15) is 52.7 Å². The van der Waals surface area contributed by atoms with E-state index in [9.17, 15) is 10.2 Å². The van der Waals surface area contributed by atoms with Gasteiger partial charge in [-0.2, -0.15) is 0 Å². The molecule has 0 aliphatic rings. The van der Waals surface area contributed by atoms with Crippen molar-refractivity contribution in [2.45, 2.75) is 41.5 Å². The van der Waals surface area contributed by atoms with E-state index in [0.29, 0.717) is 32.8 Å². The smallest absolute Gasteiger partial charge is 0.872 e. The maximum atomic E-state index is 11.6. The van der Waals surface area contributed by atoms with E-state index >= 15 is 0 Å². The summed E-state index contributed by atoms with van der Waals surface area (Å²) in [6.45, 7) is 14.9. The van der Waals surface area contributed by atoms with Gasteiger partial charge in [-0.1, -0.05) is 87.7 Å². The van der Waals surface area contributed by atoms with Crippen molar-refractivity contribution in [3.8, 4) is 11.5 Å². The van der Waals surface area contributed by atoms with E-state index in [2.05, 4.69) is 45.5 Å². The Labute approximate surface area is 257 Å². The van der Waals surface area contributed by atoms with E-state index in [0.717, 1.165) is 26.2 Å². The fraction of sp³-hybridized carbons (Fsp3) is 0.385. The van der Waals surface area contributed by atoms with Gasteiger partial charge in [0.2, 0.25) is 0 Å². The molecule has 212 valence electrons. The van der Waals surface area contributed by atoms with E-state index in [1.165, 1.54) is 12.1 Å². The van der Waals surface area contributed by atoms with E-state index in [1.54, 1.807) is 38.1 Å². The molecule has 0 aromatic heterocycles. The van der Waals surface area contributed by atoms with E-state index in [4.69, 9.17) is 0 Å². The zero-order valence-corrected chi connectivity index (χ0v) is 26.2. The van der Waals surface area contributed by atoms with Gasteiger partial charge in [-0.05, 0) is 25.0 Å². The fourth-order valence-corrected chi connectivity index (χ4v) is 3.67. The van der Waals surface area contributed by atoms with Crippen molar-refractivity contribution in [2.75, 3.05) is 26.2 Å². The maximum absolute atomic E-state index is 11.6. The minimum absolute atomic E-state index is 0. The normalized spacial score (nSPS) is 11.1. The van der Waals surface area contributed by atoms with E-state index in [-0.39, 0.29) is 44.5 Å². The summed E-state index contributed by atoms with van der Waals surface area (Å²) < 4.78 is 0. The first-order valence-electron chi connectivity index (χ1n) is 11.8. The summed E-state index contributed by atoms with van der Waals surface area (Å²) in [7, 11) is 0. The molecule has 0 spiro atoms. The topological polar surface area (TPSA) is 106 Å². The number of thiol groups is 2. The third kappa shape index (κ3) is 12.7. The fourth-order valence-electron chi connectivity index (χ4n) is 3.02. The van der Waals surface area contributed by atoms with Crippen molar-refractivity contribution in [1.29, 1.82) is 0 Å². The standard InChI is InChI=1S/2C13H19N3OS.2Ni/c2*1-4-16(5-2)13(18)15-14-10(3)11-8-6-7-9-12(11)17;;/h2*6-9H,4-5H2,1-3H3,(H2,14,15,17,18);;/q;;2*+2/p-2. The van der Waals surface area contributed by atoms with Gasteiger partial charge in [-0.25, -0.2) is 9.80 Å². The monoisotopic (exact) mass is 644 g/mol. The van der Waals surface area contributed by atoms with Gasteiger partial charge in [0, 0.05) is 37.6 Å².